The summed E-state index contributed by atoms with van der Waals surface area (Å²) >= 11 is 0. The van der Waals surface area contributed by atoms with Crippen molar-refractivity contribution >= 4 is 28.3 Å². The minimum atomic E-state index is 0.00347. The van der Waals surface area contributed by atoms with Gasteiger partial charge in [-0.2, -0.15) is 5.10 Å². The van der Waals surface area contributed by atoms with Gasteiger partial charge < -0.3 is 9.80 Å². The van der Waals surface area contributed by atoms with Gasteiger partial charge in [0.05, 0.1) is 28.5 Å². The summed E-state index contributed by atoms with van der Waals surface area (Å²) in [5.74, 6) is 0.00347. The number of aromatic nitrogens is 3. The molecule has 1 aliphatic heterocycles. The van der Waals surface area contributed by atoms with Crippen molar-refractivity contribution in [1.29, 1.82) is 0 Å². The van der Waals surface area contributed by atoms with Crippen molar-refractivity contribution in [1.82, 2.24) is 14.8 Å². The number of nitrogens with zero attached hydrogens (tertiary/aromatic N) is 5. The zero-order chi connectivity index (χ0) is 18.4. The van der Waals surface area contributed by atoms with E-state index < -0.39 is 0 Å². The topological polar surface area (TPSA) is 54.3 Å². The standard InChI is InChI=1S/C20H23N5O/c1-13-11-15(16-12-21-24(4)19(16)22-13)20(26)25-14(2)9-10-23(3)17-7-5-6-8-18(17)25/h5-8,11-12,14H,9-10H2,1-4H3. The summed E-state index contributed by atoms with van der Waals surface area (Å²) in [4.78, 5) is 22.3. The second-order valence-electron chi connectivity index (χ2n) is 7.04. The highest BCUT2D eigenvalue weighted by molar-refractivity contribution is 6.14. The number of carbonyl (C=O) groups excluding carboxylic acids is 1. The molecular weight excluding hydrogens is 326 g/mol. The Bertz CT molecular complexity index is 993. The number of anilines is 2. The lowest BCUT2D eigenvalue weighted by atomic mass is 10.1. The lowest BCUT2D eigenvalue weighted by Gasteiger charge is -2.29. The molecule has 1 unspecified atom stereocenters. The van der Waals surface area contributed by atoms with Gasteiger partial charge in [-0.25, -0.2) is 4.98 Å². The lowest BCUT2D eigenvalue weighted by Crippen LogP contribution is -2.38. The van der Waals surface area contributed by atoms with Crippen LogP contribution in [0.4, 0.5) is 11.4 Å². The van der Waals surface area contributed by atoms with Gasteiger partial charge in [0.2, 0.25) is 0 Å². The molecule has 0 fully saturated rings. The summed E-state index contributed by atoms with van der Waals surface area (Å²) in [6.45, 7) is 4.94. The van der Waals surface area contributed by atoms with Crippen LogP contribution in [0.25, 0.3) is 11.0 Å². The molecule has 0 aliphatic carbocycles. The van der Waals surface area contributed by atoms with E-state index in [0.29, 0.717) is 5.56 Å². The predicted molar refractivity (Wildman–Crippen MR) is 104 cm³/mol. The number of aryl methyl sites for hydroxylation is 2. The van der Waals surface area contributed by atoms with Crippen LogP contribution in [0.3, 0.4) is 0 Å². The van der Waals surface area contributed by atoms with Gasteiger partial charge in [-0.05, 0) is 38.5 Å². The van der Waals surface area contributed by atoms with Crippen molar-refractivity contribution in [2.45, 2.75) is 26.3 Å². The Morgan fingerprint density at radius 1 is 1.19 bits per heavy atom. The number of para-hydroxylation sites is 2. The van der Waals surface area contributed by atoms with E-state index in [1.807, 2.05) is 43.1 Å². The molecule has 26 heavy (non-hydrogen) atoms. The van der Waals surface area contributed by atoms with Gasteiger partial charge in [0, 0.05) is 32.4 Å². The van der Waals surface area contributed by atoms with E-state index in [4.69, 9.17) is 0 Å². The van der Waals surface area contributed by atoms with Crippen molar-refractivity contribution in [3.63, 3.8) is 0 Å². The second-order valence-corrected chi connectivity index (χ2v) is 7.04. The first-order valence-corrected chi connectivity index (χ1v) is 8.90. The Morgan fingerprint density at radius 3 is 2.69 bits per heavy atom. The summed E-state index contributed by atoms with van der Waals surface area (Å²) in [7, 11) is 3.93. The maximum atomic E-state index is 13.7. The van der Waals surface area contributed by atoms with Crippen molar-refractivity contribution in [2.75, 3.05) is 23.4 Å². The van der Waals surface area contributed by atoms with E-state index in [1.54, 1.807) is 10.9 Å². The van der Waals surface area contributed by atoms with Gasteiger partial charge in [0.1, 0.15) is 0 Å². The van der Waals surface area contributed by atoms with E-state index in [9.17, 15) is 4.79 Å². The molecule has 0 saturated heterocycles. The highest BCUT2D eigenvalue weighted by atomic mass is 16.2. The van der Waals surface area contributed by atoms with Crippen molar-refractivity contribution in [3.8, 4) is 0 Å². The average Bonchev–Trinajstić information content (AvgIpc) is 2.94. The molecule has 0 spiro atoms. The maximum Gasteiger partial charge on any atom is 0.259 e. The van der Waals surface area contributed by atoms with Crippen LogP contribution >= 0.6 is 0 Å². The molecule has 6 nitrogen and oxygen atoms in total. The molecule has 134 valence electrons. The molecule has 4 rings (SSSR count). The fraction of sp³-hybridized carbons (Fsp3) is 0.350. The number of benzene rings is 1. The molecule has 1 aromatic carbocycles. The Hall–Kier alpha value is -2.89. The molecule has 0 saturated carbocycles. The largest absolute Gasteiger partial charge is 0.373 e. The van der Waals surface area contributed by atoms with Crippen LogP contribution in [-0.2, 0) is 7.05 Å². The minimum absolute atomic E-state index is 0.00347. The highest BCUT2D eigenvalue weighted by Crippen LogP contribution is 2.35. The SMILES string of the molecule is Cc1cc(C(=O)N2c3ccccc3N(C)CCC2C)c2cnn(C)c2n1. The minimum Gasteiger partial charge on any atom is -0.373 e. The van der Waals surface area contributed by atoms with Crippen LogP contribution < -0.4 is 9.80 Å². The number of hydrogen-bond acceptors (Lipinski definition) is 4. The van der Waals surface area contributed by atoms with E-state index >= 15 is 0 Å². The fourth-order valence-corrected chi connectivity index (χ4v) is 3.71. The lowest BCUT2D eigenvalue weighted by molar-refractivity contribution is 0.0979. The summed E-state index contributed by atoms with van der Waals surface area (Å²) < 4.78 is 1.71. The fourth-order valence-electron chi connectivity index (χ4n) is 3.71. The monoisotopic (exact) mass is 349 g/mol. The smallest absolute Gasteiger partial charge is 0.259 e. The van der Waals surface area contributed by atoms with Gasteiger partial charge in [-0.3, -0.25) is 9.48 Å². The summed E-state index contributed by atoms with van der Waals surface area (Å²) in [6, 6.07) is 10.1. The first kappa shape index (κ1) is 16.6. The third kappa shape index (κ3) is 2.53. The normalized spacial score (nSPS) is 17.3. The average molecular weight is 349 g/mol. The summed E-state index contributed by atoms with van der Waals surface area (Å²) in [5, 5.41) is 5.09. The third-order valence-corrected chi connectivity index (χ3v) is 5.16. The highest BCUT2D eigenvalue weighted by Gasteiger charge is 2.30. The number of rotatable bonds is 1. The Kier molecular flexibility index (Phi) is 3.90. The molecule has 3 aromatic rings. The molecule has 0 bridgehead atoms. The zero-order valence-corrected chi connectivity index (χ0v) is 15.6. The summed E-state index contributed by atoms with van der Waals surface area (Å²) in [6.07, 6.45) is 2.65. The number of pyridine rings is 1. The van der Waals surface area contributed by atoms with Crippen molar-refractivity contribution in [3.05, 3.63) is 47.8 Å². The first-order chi connectivity index (χ1) is 12.5. The Balaban J connectivity index is 1.89. The van der Waals surface area contributed by atoms with Gasteiger partial charge in [0.25, 0.3) is 5.91 Å². The molecule has 2 aromatic heterocycles. The second kappa shape index (κ2) is 6.12. The number of amides is 1. The van der Waals surface area contributed by atoms with E-state index in [-0.39, 0.29) is 11.9 Å². The van der Waals surface area contributed by atoms with Crippen molar-refractivity contribution in [2.24, 2.45) is 7.05 Å². The van der Waals surface area contributed by atoms with Gasteiger partial charge >= 0.3 is 0 Å². The van der Waals surface area contributed by atoms with E-state index in [1.165, 1.54) is 0 Å². The number of hydrogen-bond donors (Lipinski definition) is 0. The molecule has 6 heteroatoms. The first-order valence-electron chi connectivity index (χ1n) is 8.90. The van der Waals surface area contributed by atoms with Crippen molar-refractivity contribution < 1.29 is 4.79 Å². The quantitative estimate of drug-likeness (QED) is 0.677. The molecule has 0 N–H and O–H groups in total. The van der Waals surface area contributed by atoms with Crippen LogP contribution in [-0.4, -0.2) is 40.3 Å². The third-order valence-electron chi connectivity index (χ3n) is 5.16. The van der Waals surface area contributed by atoms with Crippen LogP contribution in [0, 0.1) is 6.92 Å². The number of carbonyl (C=O) groups is 1. The molecule has 1 aliphatic rings. The van der Waals surface area contributed by atoms with Gasteiger partial charge in [0.15, 0.2) is 5.65 Å². The maximum absolute atomic E-state index is 13.7. The summed E-state index contributed by atoms with van der Waals surface area (Å²) in [5.41, 5.74) is 4.25. The molecular formula is C20H23N5O. The Labute approximate surface area is 153 Å². The predicted octanol–water partition coefficient (Wildman–Crippen LogP) is 3.15. The number of fused-ring (bicyclic) bond motifs is 2. The van der Waals surface area contributed by atoms with E-state index in [0.717, 1.165) is 41.1 Å². The zero-order valence-electron chi connectivity index (χ0n) is 15.6. The van der Waals surface area contributed by atoms with E-state index in [2.05, 4.69) is 35.0 Å². The Morgan fingerprint density at radius 2 is 1.92 bits per heavy atom. The van der Waals surface area contributed by atoms with Crippen LogP contribution in [0.15, 0.2) is 36.5 Å². The molecule has 3 heterocycles. The van der Waals surface area contributed by atoms with Gasteiger partial charge in [-0.1, -0.05) is 12.1 Å². The van der Waals surface area contributed by atoms with Gasteiger partial charge in [-0.15, -0.1) is 0 Å². The van der Waals surface area contributed by atoms with Crippen LogP contribution in [0.2, 0.25) is 0 Å². The van der Waals surface area contributed by atoms with Crippen LogP contribution in [0.1, 0.15) is 29.4 Å². The molecule has 0 radical (unpaired) electrons. The molecule has 1 amide bonds. The molecule has 1 atom stereocenters. The van der Waals surface area contributed by atoms with Crippen LogP contribution in [0.5, 0.6) is 0 Å².